The second-order valence-electron chi connectivity index (χ2n) is 1.48. The largest absolute Gasteiger partial charge is 0.388 e. The fraction of sp³-hybridized carbons (Fsp3) is 0. The van der Waals surface area contributed by atoms with Gasteiger partial charge in [0.2, 0.25) is 14.2 Å². The number of hydrogen-bond donors (Lipinski definition) is 2. The quantitative estimate of drug-likeness (QED) is 0.451. The van der Waals surface area contributed by atoms with Gasteiger partial charge >= 0.3 is 0 Å². The van der Waals surface area contributed by atoms with Crippen LogP contribution in [0.2, 0.25) is 0 Å². The molecular formula is C3H4N2O2S2. The first-order chi connectivity index (χ1) is 4.05. The van der Waals surface area contributed by atoms with Gasteiger partial charge in [0.1, 0.15) is 5.03 Å². The van der Waals surface area contributed by atoms with Crippen molar-refractivity contribution in [3.63, 3.8) is 0 Å². The minimum absolute atomic E-state index is 0.215. The summed E-state index contributed by atoms with van der Waals surface area (Å²) in [5.74, 6) is 0. The molecule has 0 amide bonds. The second kappa shape index (κ2) is 1.68. The van der Waals surface area contributed by atoms with Crippen LogP contribution in [0, 0.1) is 0 Å². The minimum Gasteiger partial charge on any atom is -0.388 e. The molecular weight excluding hydrogens is 160 g/mol. The van der Waals surface area contributed by atoms with E-state index >= 15 is 0 Å². The van der Waals surface area contributed by atoms with Gasteiger partial charge < -0.3 is 11.1 Å². The Morgan fingerprint density at radius 2 is 2.22 bits per heavy atom. The van der Waals surface area contributed by atoms with Crippen LogP contribution in [0.3, 0.4) is 0 Å². The molecule has 0 saturated heterocycles. The Labute approximate surface area is 57.6 Å². The molecule has 0 aliphatic carbocycles. The molecule has 0 aromatic rings. The predicted octanol–water partition coefficient (Wildman–Crippen LogP) is -0.953. The highest BCUT2D eigenvalue weighted by Gasteiger charge is 2.25. The Morgan fingerprint density at radius 1 is 1.67 bits per heavy atom. The highest BCUT2D eigenvalue weighted by molar-refractivity contribution is 8.19. The highest BCUT2D eigenvalue weighted by Crippen LogP contribution is 2.06. The van der Waals surface area contributed by atoms with Gasteiger partial charge in [0, 0.05) is 6.20 Å². The van der Waals surface area contributed by atoms with Crippen molar-refractivity contribution in [2.24, 2.45) is 5.73 Å². The smallest absolute Gasteiger partial charge is 0.248 e. The predicted molar refractivity (Wildman–Crippen MR) is 36.9 cm³/mol. The van der Waals surface area contributed by atoms with Crippen molar-refractivity contribution >= 4 is 26.4 Å². The molecule has 0 unspecified atom stereocenters. The average molecular weight is 164 g/mol. The summed E-state index contributed by atoms with van der Waals surface area (Å²) in [6.45, 7) is 0. The van der Waals surface area contributed by atoms with Gasteiger partial charge in [-0.3, -0.25) is 0 Å². The van der Waals surface area contributed by atoms with Crippen molar-refractivity contribution in [1.29, 1.82) is 0 Å². The number of thiocarbonyl (C=S) groups is 1. The zero-order valence-corrected chi connectivity index (χ0v) is 5.92. The maximum absolute atomic E-state index is 10.7. The molecule has 1 aliphatic rings. The summed E-state index contributed by atoms with van der Waals surface area (Å²) < 4.78 is 21.2. The molecule has 9 heavy (non-hydrogen) atoms. The van der Waals surface area contributed by atoms with E-state index in [4.69, 9.17) is 5.73 Å². The van der Waals surface area contributed by atoms with Crippen molar-refractivity contribution in [3.8, 4) is 0 Å². The Bertz CT molecular complexity index is 276. The average Bonchev–Trinajstić information content (AvgIpc) is 1.96. The number of sulfone groups is 1. The monoisotopic (exact) mass is 164 g/mol. The van der Waals surface area contributed by atoms with Crippen molar-refractivity contribution in [2.75, 3.05) is 0 Å². The molecule has 0 radical (unpaired) electrons. The van der Waals surface area contributed by atoms with Crippen LogP contribution in [0.4, 0.5) is 0 Å². The summed E-state index contributed by atoms with van der Waals surface area (Å²) in [5.41, 5.74) is 5.03. The lowest BCUT2D eigenvalue weighted by Gasteiger charge is -1.90. The third-order valence-corrected chi connectivity index (χ3v) is 3.01. The van der Waals surface area contributed by atoms with E-state index in [1.165, 1.54) is 0 Å². The van der Waals surface area contributed by atoms with E-state index < -0.39 is 9.84 Å². The molecule has 4 nitrogen and oxygen atoms in total. The molecule has 1 heterocycles. The van der Waals surface area contributed by atoms with Crippen LogP contribution in [0.15, 0.2) is 11.2 Å². The van der Waals surface area contributed by atoms with Crippen LogP contribution in [-0.2, 0) is 9.84 Å². The van der Waals surface area contributed by atoms with E-state index in [2.05, 4.69) is 17.5 Å². The Balaban J connectivity index is 3.25. The molecule has 6 heteroatoms. The topological polar surface area (TPSA) is 72.2 Å². The van der Waals surface area contributed by atoms with Crippen LogP contribution < -0.4 is 11.1 Å². The summed E-state index contributed by atoms with van der Waals surface area (Å²) >= 11 is 4.40. The van der Waals surface area contributed by atoms with Crippen molar-refractivity contribution in [1.82, 2.24) is 5.32 Å². The van der Waals surface area contributed by atoms with Gasteiger partial charge in [0.05, 0.1) is 0 Å². The van der Waals surface area contributed by atoms with E-state index in [9.17, 15) is 8.42 Å². The lowest BCUT2D eigenvalue weighted by molar-refractivity contribution is 0.613. The molecule has 0 bridgehead atoms. The van der Waals surface area contributed by atoms with Gasteiger partial charge in [-0.05, 0) is 12.2 Å². The Kier molecular flexibility index (Phi) is 1.21. The van der Waals surface area contributed by atoms with Crippen molar-refractivity contribution in [3.05, 3.63) is 11.2 Å². The van der Waals surface area contributed by atoms with Gasteiger partial charge in [-0.2, -0.15) is 0 Å². The number of nitrogens with two attached hydrogens (primary N) is 1. The molecule has 3 N–H and O–H groups in total. The second-order valence-corrected chi connectivity index (χ2v) is 4.04. The van der Waals surface area contributed by atoms with E-state index in [-0.39, 0.29) is 9.35 Å². The molecule has 50 valence electrons. The summed E-state index contributed by atoms with van der Waals surface area (Å²) in [5, 5.41) is 2.10. The van der Waals surface area contributed by atoms with Crippen LogP contribution >= 0.6 is 12.2 Å². The van der Waals surface area contributed by atoms with Gasteiger partial charge in [-0.15, -0.1) is 0 Å². The van der Waals surface area contributed by atoms with Gasteiger partial charge in [-0.25, -0.2) is 8.42 Å². The summed E-state index contributed by atoms with van der Waals surface area (Å²) in [7, 11) is -3.44. The molecule has 1 rings (SSSR count). The number of hydrogen-bond acceptors (Lipinski definition) is 4. The Hall–Kier alpha value is -0.620. The van der Waals surface area contributed by atoms with Crippen molar-refractivity contribution in [2.45, 2.75) is 0 Å². The van der Waals surface area contributed by atoms with E-state index in [1.54, 1.807) is 0 Å². The number of rotatable bonds is 0. The van der Waals surface area contributed by atoms with Crippen LogP contribution in [0.5, 0.6) is 0 Å². The first kappa shape index (κ1) is 6.50. The van der Waals surface area contributed by atoms with E-state index in [0.717, 1.165) is 6.20 Å². The van der Waals surface area contributed by atoms with Crippen LogP contribution in [0.1, 0.15) is 0 Å². The standard InChI is InChI=1S/C3H4N2O2S2/c4-2-1-5-3(8)9(2,6)7/h1H,4H2,(H,5,8). The summed E-state index contributed by atoms with van der Waals surface area (Å²) in [4.78, 5) is 0. The third kappa shape index (κ3) is 0.796. The molecule has 0 aromatic heterocycles. The van der Waals surface area contributed by atoms with Crippen molar-refractivity contribution < 1.29 is 8.42 Å². The SMILES string of the molecule is NC1=CNC(=S)S1(=O)=O. The van der Waals surface area contributed by atoms with Gasteiger partial charge in [0.15, 0.2) is 0 Å². The Morgan fingerprint density at radius 3 is 2.33 bits per heavy atom. The molecule has 0 fully saturated rings. The molecule has 0 saturated carbocycles. The first-order valence-corrected chi connectivity index (χ1v) is 3.95. The maximum atomic E-state index is 10.7. The third-order valence-electron chi connectivity index (χ3n) is 0.887. The highest BCUT2D eigenvalue weighted by atomic mass is 32.2. The van der Waals surface area contributed by atoms with E-state index in [1.807, 2.05) is 0 Å². The minimum atomic E-state index is -3.44. The molecule has 0 spiro atoms. The fourth-order valence-corrected chi connectivity index (χ4v) is 1.38. The van der Waals surface area contributed by atoms with E-state index in [0.29, 0.717) is 0 Å². The normalized spacial score (nSPS) is 23.1. The first-order valence-electron chi connectivity index (χ1n) is 2.06. The molecule has 1 aliphatic heterocycles. The van der Waals surface area contributed by atoms with Crippen LogP contribution in [0.25, 0.3) is 0 Å². The lowest BCUT2D eigenvalue weighted by Crippen LogP contribution is -2.19. The number of nitrogens with one attached hydrogen (secondary N) is 1. The fourth-order valence-electron chi connectivity index (χ4n) is 0.392. The summed E-state index contributed by atoms with van der Waals surface area (Å²) in [6.07, 6.45) is 1.16. The van der Waals surface area contributed by atoms with Crippen LogP contribution in [-0.4, -0.2) is 12.7 Å². The summed E-state index contributed by atoms with van der Waals surface area (Å²) in [6, 6.07) is 0. The van der Waals surface area contributed by atoms with Gasteiger partial charge in [-0.1, -0.05) is 0 Å². The molecule has 0 aromatic carbocycles. The maximum Gasteiger partial charge on any atom is 0.248 e. The van der Waals surface area contributed by atoms with Gasteiger partial charge in [0.25, 0.3) is 0 Å². The lowest BCUT2D eigenvalue weighted by atomic mass is 10.9. The zero-order valence-electron chi connectivity index (χ0n) is 4.29. The molecule has 0 atom stereocenters. The zero-order chi connectivity index (χ0) is 7.07.